The van der Waals surface area contributed by atoms with Gasteiger partial charge in [0.15, 0.2) is 0 Å². The zero-order valence-corrected chi connectivity index (χ0v) is 17.0. The third kappa shape index (κ3) is 3.73. The molecule has 2 N–H and O–H groups in total. The molecule has 0 aliphatic carbocycles. The average Bonchev–Trinajstić information content (AvgIpc) is 3.39. The Labute approximate surface area is 173 Å². The molecule has 2 heterocycles. The highest BCUT2D eigenvalue weighted by Gasteiger charge is 2.19. The van der Waals surface area contributed by atoms with E-state index in [2.05, 4.69) is 10.3 Å². The summed E-state index contributed by atoms with van der Waals surface area (Å²) in [6, 6.07) is 12.5. The van der Waals surface area contributed by atoms with Crippen LogP contribution in [0.4, 0.5) is 10.1 Å². The molecular weight excluding hydrogens is 405 g/mol. The van der Waals surface area contributed by atoms with E-state index in [4.69, 9.17) is 0 Å². The molecule has 4 aromatic rings. The lowest BCUT2D eigenvalue weighted by atomic mass is 10.1. The molecule has 0 fully saturated rings. The van der Waals surface area contributed by atoms with Crippen LogP contribution in [0, 0.1) is 5.82 Å². The van der Waals surface area contributed by atoms with Gasteiger partial charge in [-0.2, -0.15) is 0 Å². The summed E-state index contributed by atoms with van der Waals surface area (Å²) in [5, 5.41) is 3.38. The van der Waals surface area contributed by atoms with Gasteiger partial charge in [-0.25, -0.2) is 16.8 Å². The number of amides is 1. The van der Waals surface area contributed by atoms with Crippen molar-refractivity contribution in [2.75, 3.05) is 5.32 Å². The molecule has 2 aromatic heterocycles. The number of halogens is 1. The van der Waals surface area contributed by atoms with Crippen LogP contribution in [0.25, 0.3) is 10.9 Å². The van der Waals surface area contributed by atoms with Gasteiger partial charge >= 0.3 is 0 Å². The zero-order valence-electron chi connectivity index (χ0n) is 16.2. The number of carbonyl (C=O) groups excluding carboxylic acids is 1. The number of carbonyl (C=O) groups is 1. The molecule has 0 saturated heterocycles. The lowest BCUT2D eigenvalue weighted by Crippen LogP contribution is -2.13. The number of hydrogen-bond donors (Lipinski definition) is 2. The first kappa shape index (κ1) is 19.9. The van der Waals surface area contributed by atoms with Crippen molar-refractivity contribution in [1.29, 1.82) is 0 Å². The number of nitrogens with one attached hydrogen (secondary N) is 2. The Morgan fingerprint density at radius 2 is 1.97 bits per heavy atom. The molecule has 0 spiro atoms. The van der Waals surface area contributed by atoms with E-state index in [1.165, 1.54) is 30.6 Å². The maximum atomic E-state index is 14.1. The molecular formula is C22H20FN3O3S. The number of aromatic amines is 1. The minimum absolute atomic E-state index is 0.116. The first-order valence-corrected chi connectivity index (χ1v) is 10.9. The second kappa shape index (κ2) is 7.79. The van der Waals surface area contributed by atoms with Crippen LogP contribution < -0.4 is 5.32 Å². The van der Waals surface area contributed by atoms with Crippen LogP contribution in [0.5, 0.6) is 0 Å². The van der Waals surface area contributed by atoms with E-state index < -0.39 is 15.9 Å². The van der Waals surface area contributed by atoms with Crippen LogP contribution >= 0.6 is 0 Å². The SMILES string of the molecule is CCCc1ccc(NC(=O)c2ccn(S(=O)(=O)c3ccc4[nH]ccc4c3)c2)cc1F. The third-order valence-corrected chi connectivity index (χ3v) is 6.49. The number of fused-ring (bicyclic) bond motifs is 1. The van der Waals surface area contributed by atoms with Crippen LogP contribution in [-0.2, 0) is 16.4 Å². The molecule has 8 heteroatoms. The lowest BCUT2D eigenvalue weighted by molar-refractivity contribution is 0.102. The second-order valence-electron chi connectivity index (χ2n) is 6.97. The van der Waals surface area contributed by atoms with Crippen molar-refractivity contribution < 1.29 is 17.6 Å². The maximum Gasteiger partial charge on any atom is 0.267 e. The number of rotatable bonds is 6. The molecule has 0 unspecified atom stereocenters. The maximum absolute atomic E-state index is 14.1. The summed E-state index contributed by atoms with van der Waals surface area (Å²) >= 11 is 0. The van der Waals surface area contributed by atoms with E-state index in [9.17, 15) is 17.6 Å². The number of benzene rings is 2. The minimum Gasteiger partial charge on any atom is -0.361 e. The van der Waals surface area contributed by atoms with Crippen LogP contribution in [0.1, 0.15) is 29.3 Å². The summed E-state index contributed by atoms with van der Waals surface area (Å²) in [5.74, 6) is -0.900. The van der Waals surface area contributed by atoms with Crippen molar-refractivity contribution in [3.05, 3.63) is 84.1 Å². The number of anilines is 1. The summed E-state index contributed by atoms with van der Waals surface area (Å²) in [7, 11) is -3.85. The van der Waals surface area contributed by atoms with Crippen LogP contribution in [0.2, 0.25) is 0 Å². The van der Waals surface area contributed by atoms with Crippen molar-refractivity contribution in [2.45, 2.75) is 24.7 Å². The Hall–Kier alpha value is -3.39. The monoisotopic (exact) mass is 425 g/mol. The van der Waals surface area contributed by atoms with E-state index in [0.29, 0.717) is 17.7 Å². The molecule has 0 aliphatic heterocycles. The molecule has 0 saturated carbocycles. The first-order valence-electron chi connectivity index (χ1n) is 9.49. The summed E-state index contributed by atoms with van der Waals surface area (Å²) in [6.45, 7) is 1.96. The highest BCUT2D eigenvalue weighted by atomic mass is 32.2. The quantitative estimate of drug-likeness (QED) is 0.475. The molecule has 1 amide bonds. The Kier molecular flexibility index (Phi) is 5.17. The van der Waals surface area contributed by atoms with Gasteiger partial charge in [0.2, 0.25) is 0 Å². The summed E-state index contributed by atoms with van der Waals surface area (Å²) in [4.78, 5) is 15.6. The third-order valence-electron chi connectivity index (χ3n) is 4.86. The van der Waals surface area contributed by atoms with Gasteiger partial charge in [0.1, 0.15) is 5.82 Å². The van der Waals surface area contributed by atoms with Gasteiger partial charge in [-0.15, -0.1) is 0 Å². The number of aromatic nitrogens is 2. The number of H-pyrrole nitrogens is 1. The van der Waals surface area contributed by atoms with Gasteiger partial charge in [-0.05, 0) is 54.4 Å². The number of hydrogen-bond acceptors (Lipinski definition) is 3. The van der Waals surface area contributed by atoms with E-state index in [0.717, 1.165) is 21.3 Å². The summed E-state index contributed by atoms with van der Waals surface area (Å²) < 4.78 is 40.9. The molecule has 0 bridgehead atoms. The normalized spacial score (nSPS) is 11.7. The standard InChI is InChI=1S/C22H20FN3O3S/c1-2-3-15-4-5-18(13-20(15)23)25-22(27)17-9-11-26(14-17)30(28,29)19-6-7-21-16(12-19)8-10-24-21/h4-14,24H,2-3H2,1H3,(H,25,27). The molecule has 0 radical (unpaired) electrons. The summed E-state index contributed by atoms with van der Waals surface area (Å²) in [5.41, 5.74) is 1.89. The van der Waals surface area contributed by atoms with Crippen molar-refractivity contribution in [3.63, 3.8) is 0 Å². The fraction of sp³-hybridized carbons (Fsp3) is 0.136. The smallest absolute Gasteiger partial charge is 0.267 e. The second-order valence-corrected chi connectivity index (χ2v) is 8.82. The molecule has 4 rings (SSSR count). The van der Waals surface area contributed by atoms with Gasteiger partial charge in [-0.3, -0.25) is 4.79 Å². The molecule has 0 aliphatic rings. The predicted octanol–water partition coefficient (Wildman–Crippen LogP) is 4.55. The largest absolute Gasteiger partial charge is 0.361 e. The van der Waals surface area contributed by atoms with E-state index in [-0.39, 0.29) is 16.3 Å². The summed E-state index contributed by atoms with van der Waals surface area (Å²) in [6.07, 6.45) is 5.73. The van der Waals surface area contributed by atoms with Gasteiger partial charge in [0, 0.05) is 35.2 Å². The molecule has 30 heavy (non-hydrogen) atoms. The molecule has 6 nitrogen and oxygen atoms in total. The molecule has 154 valence electrons. The van der Waals surface area contributed by atoms with Gasteiger partial charge < -0.3 is 10.3 Å². The fourth-order valence-electron chi connectivity index (χ4n) is 3.27. The predicted molar refractivity (Wildman–Crippen MR) is 114 cm³/mol. The fourth-order valence-corrected chi connectivity index (χ4v) is 4.51. The lowest BCUT2D eigenvalue weighted by Gasteiger charge is -2.07. The van der Waals surface area contributed by atoms with E-state index in [1.807, 2.05) is 6.92 Å². The van der Waals surface area contributed by atoms with Gasteiger partial charge in [0.25, 0.3) is 15.9 Å². The Balaban J connectivity index is 1.55. The van der Waals surface area contributed by atoms with Crippen molar-refractivity contribution in [2.24, 2.45) is 0 Å². The minimum atomic E-state index is -3.85. The average molecular weight is 425 g/mol. The first-order chi connectivity index (χ1) is 14.4. The molecule has 0 atom stereocenters. The topological polar surface area (TPSA) is 84.0 Å². The highest BCUT2D eigenvalue weighted by molar-refractivity contribution is 7.90. The van der Waals surface area contributed by atoms with Crippen LogP contribution in [-0.4, -0.2) is 23.3 Å². The van der Waals surface area contributed by atoms with Crippen LogP contribution in [0.15, 0.2) is 72.0 Å². The molecule has 2 aromatic carbocycles. The van der Waals surface area contributed by atoms with Crippen molar-refractivity contribution in [1.82, 2.24) is 8.96 Å². The van der Waals surface area contributed by atoms with Gasteiger partial charge in [0.05, 0.1) is 10.5 Å². The van der Waals surface area contributed by atoms with E-state index >= 15 is 0 Å². The highest BCUT2D eigenvalue weighted by Crippen LogP contribution is 2.22. The number of nitrogens with zero attached hydrogens (tertiary/aromatic N) is 1. The Bertz CT molecular complexity index is 1340. The van der Waals surface area contributed by atoms with Crippen LogP contribution in [0.3, 0.4) is 0 Å². The van der Waals surface area contributed by atoms with E-state index in [1.54, 1.807) is 36.5 Å². The Morgan fingerprint density at radius 3 is 2.73 bits per heavy atom. The number of aryl methyl sites for hydroxylation is 1. The Morgan fingerprint density at radius 1 is 1.13 bits per heavy atom. The van der Waals surface area contributed by atoms with Crippen molar-refractivity contribution >= 4 is 32.5 Å². The van der Waals surface area contributed by atoms with Crippen molar-refractivity contribution in [3.8, 4) is 0 Å². The zero-order chi connectivity index (χ0) is 21.3. The van der Waals surface area contributed by atoms with Gasteiger partial charge in [-0.1, -0.05) is 19.4 Å².